The van der Waals surface area contributed by atoms with Crippen LogP contribution in [0.4, 0.5) is 0 Å². The van der Waals surface area contributed by atoms with Gasteiger partial charge in [-0.3, -0.25) is 4.52 Å². The second-order valence-electron chi connectivity index (χ2n) is 6.37. The second-order valence-corrected chi connectivity index (χ2v) is 7.52. The van der Waals surface area contributed by atoms with E-state index in [1.165, 1.54) is 0 Å². The Morgan fingerprint density at radius 2 is 1.80 bits per heavy atom. The standard InChI is InChI=1S/C21H21N4O4P/c1-4-26-30(27-14-25)29-17-8-5-15(6-9-17)7-10-19-18(13-24)20(16(11-22)12-23)28-21(19,2)3/h5-10H,4,14,25H2,1-3H3/b10-7+. The van der Waals surface area contributed by atoms with Crippen LogP contribution in [0.25, 0.3) is 6.08 Å². The molecule has 9 heteroatoms. The third-order valence-electron chi connectivity index (χ3n) is 3.98. The van der Waals surface area contributed by atoms with E-state index in [1.807, 2.05) is 31.2 Å². The van der Waals surface area contributed by atoms with Crippen molar-refractivity contribution in [2.24, 2.45) is 5.73 Å². The molecule has 30 heavy (non-hydrogen) atoms. The zero-order valence-electron chi connectivity index (χ0n) is 16.9. The molecule has 1 aromatic rings. The molecule has 0 saturated heterocycles. The van der Waals surface area contributed by atoms with Crippen molar-refractivity contribution in [2.45, 2.75) is 26.4 Å². The summed E-state index contributed by atoms with van der Waals surface area (Å²) in [6, 6.07) is 12.8. The molecule has 0 saturated carbocycles. The van der Waals surface area contributed by atoms with Crippen LogP contribution in [0.15, 0.2) is 52.8 Å². The first-order valence-corrected chi connectivity index (χ1v) is 10.1. The van der Waals surface area contributed by atoms with Crippen molar-refractivity contribution in [1.82, 2.24) is 0 Å². The van der Waals surface area contributed by atoms with E-state index in [-0.39, 0.29) is 23.6 Å². The van der Waals surface area contributed by atoms with Gasteiger partial charge in [-0.2, -0.15) is 15.8 Å². The first-order chi connectivity index (χ1) is 14.4. The fourth-order valence-electron chi connectivity index (χ4n) is 2.64. The molecule has 1 unspecified atom stereocenters. The molecule has 0 aromatic heterocycles. The lowest BCUT2D eigenvalue weighted by Gasteiger charge is -2.20. The number of ether oxygens (including phenoxy) is 1. The number of rotatable bonds is 8. The molecule has 8 nitrogen and oxygen atoms in total. The predicted octanol–water partition coefficient (Wildman–Crippen LogP) is 4.21. The number of benzene rings is 1. The molecule has 1 aliphatic heterocycles. The zero-order chi connectivity index (χ0) is 22.1. The van der Waals surface area contributed by atoms with Gasteiger partial charge in [0.25, 0.3) is 0 Å². The summed E-state index contributed by atoms with van der Waals surface area (Å²) < 4.78 is 21.9. The number of nitrogens with two attached hydrogens (primary N) is 1. The molecule has 1 aliphatic rings. The van der Waals surface area contributed by atoms with Gasteiger partial charge in [-0.25, -0.2) is 0 Å². The fourth-order valence-corrected chi connectivity index (χ4v) is 3.45. The third-order valence-corrected chi connectivity index (χ3v) is 5.17. The van der Waals surface area contributed by atoms with Crippen LogP contribution in [0.3, 0.4) is 0 Å². The number of hydrogen-bond donors (Lipinski definition) is 1. The van der Waals surface area contributed by atoms with Crippen molar-refractivity contribution < 1.29 is 18.3 Å². The SMILES string of the molecule is CCOP(OCN)Oc1ccc(/C=C/C2=C(C#N)C(=C(C#N)C#N)OC2(C)C)cc1. The first kappa shape index (κ1) is 23.1. The van der Waals surface area contributed by atoms with Gasteiger partial charge in [0, 0.05) is 5.57 Å². The molecule has 2 rings (SSSR count). The summed E-state index contributed by atoms with van der Waals surface area (Å²) in [5.41, 5.74) is 5.90. The maximum atomic E-state index is 9.56. The highest BCUT2D eigenvalue weighted by atomic mass is 31.2. The van der Waals surface area contributed by atoms with E-state index < -0.39 is 14.2 Å². The van der Waals surface area contributed by atoms with Crippen LogP contribution < -0.4 is 10.3 Å². The Balaban J connectivity index is 2.27. The van der Waals surface area contributed by atoms with Crippen molar-refractivity contribution in [3.05, 3.63) is 58.4 Å². The lowest BCUT2D eigenvalue weighted by Crippen LogP contribution is -2.20. The van der Waals surface area contributed by atoms with E-state index in [0.29, 0.717) is 17.9 Å². The Morgan fingerprint density at radius 3 is 2.33 bits per heavy atom. The molecule has 154 valence electrons. The van der Waals surface area contributed by atoms with E-state index in [1.54, 1.807) is 44.2 Å². The third kappa shape index (κ3) is 5.45. The molecule has 0 bridgehead atoms. The summed E-state index contributed by atoms with van der Waals surface area (Å²) in [5.74, 6) is 0.583. The molecule has 1 aromatic carbocycles. The molecule has 1 heterocycles. The van der Waals surface area contributed by atoms with E-state index >= 15 is 0 Å². The average molecular weight is 424 g/mol. The molecular formula is C21H21N4O4P. The van der Waals surface area contributed by atoms with E-state index in [9.17, 15) is 5.26 Å². The maximum absolute atomic E-state index is 9.56. The Labute approximate surface area is 177 Å². The van der Waals surface area contributed by atoms with Gasteiger partial charge in [0.2, 0.25) is 0 Å². The average Bonchev–Trinajstić information content (AvgIpc) is 2.98. The quantitative estimate of drug-likeness (QED) is 0.373. The summed E-state index contributed by atoms with van der Waals surface area (Å²) in [6.07, 6.45) is 3.56. The summed E-state index contributed by atoms with van der Waals surface area (Å²) in [4.78, 5) is 0. The van der Waals surface area contributed by atoms with Crippen LogP contribution in [0, 0.1) is 34.0 Å². The Bertz CT molecular complexity index is 970. The van der Waals surface area contributed by atoms with Crippen LogP contribution in [-0.4, -0.2) is 18.9 Å². The molecule has 2 N–H and O–H groups in total. The Morgan fingerprint density at radius 1 is 1.13 bits per heavy atom. The smallest absolute Gasteiger partial charge is 0.398 e. The van der Waals surface area contributed by atoms with Crippen LogP contribution in [-0.2, 0) is 13.8 Å². The second kappa shape index (κ2) is 10.6. The van der Waals surface area contributed by atoms with Gasteiger partial charge in [-0.1, -0.05) is 24.3 Å². The van der Waals surface area contributed by atoms with E-state index in [0.717, 1.165) is 5.56 Å². The highest BCUT2D eigenvalue weighted by Crippen LogP contribution is 2.41. The highest BCUT2D eigenvalue weighted by molar-refractivity contribution is 7.42. The van der Waals surface area contributed by atoms with Crippen LogP contribution >= 0.6 is 8.60 Å². The largest absolute Gasteiger partial charge is 0.480 e. The summed E-state index contributed by atoms with van der Waals surface area (Å²) in [5, 5.41) is 27.8. The summed E-state index contributed by atoms with van der Waals surface area (Å²) >= 11 is 0. The fraction of sp³-hybridized carbons (Fsp3) is 0.286. The molecule has 1 atom stereocenters. The monoisotopic (exact) mass is 424 g/mol. The zero-order valence-corrected chi connectivity index (χ0v) is 17.8. The van der Waals surface area contributed by atoms with E-state index in [4.69, 9.17) is 34.6 Å². The van der Waals surface area contributed by atoms with Gasteiger partial charge in [-0.15, -0.1) is 0 Å². The van der Waals surface area contributed by atoms with Gasteiger partial charge in [0.15, 0.2) is 11.3 Å². The predicted molar refractivity (Wildman–Crippen MR) is 111 cm³/mol. The maximum Gasteiger partial charge on any atom is 0.398 e. The van der Waals surface area contributed by atoms with Gasteiger partial charge >= 0.3 is 8.60 Å². The minimum atomic E-state index is -1.56. The molecule has 0 spiro atoms. The van der Waals surface area contributed by atoms with Gasteiger partial charge < -0.3 is 19.5 Å². The minimum absolute atomic E-state index is 0.00350. The molecule has 0 fully saturated rings. The van der Waals surface area contributed by atoms with Gasteiger partial charge in [0.05, 0.1) is 6.61 Å². The summed E-state index contributed by atoms with van der Waals surface area (Å²) in [6.45, 7) is 5.82. The molecule has 0 aliphatic carbocycles. The highest BCUT2D eigenvalue weighted by Gasteiger charge is 2.38. The number of nitriles is 3. The molecule has 0 radical (unpaired) electrons. The first-order valence-electron chi connectivity index (χ1n) is 9.01. The minimum Gasteiger partial charge on any atom is -0.480 e. The van der Waals surface area contributed by atoms with Crippen LogP contribution in [0.2, 0.25) is 0 Å². The van der Waals surface area contributed by atoms with E-state index in [2.05, 4.69) is 0 Å². The Hall–Kier alpha value is -3.18. The van der Waals surface area contributed by atoms with Crippen molar-refractivity contribution in [3.63, 3.8) is 0 Å². The van der Waals surface area contributed by atoms with Gasteiger partial charge in [0.1, 0.15) is 41.9 Å². The Kier molecular flexibility index (Phi) is 8.13. The summed E-state index contributed by atoms with van der Waals surface area (Å²) in [7, 11) is -1.56. The van der Waals surface area contributed by atoms with Crippen molar-refractivity contribution >= 4 is 14.7 Å². The van der Waals surface area contributed by atoms with Crippen molar-refractivity contribution in [2.75, 3.05) is 13.3 Å². The topological polar surface area (TPSA) is 134 Å². The normalized spacial score (nSPS) is 15.8. The molecule has 0 amide bonds. The number of hydrogen-bond acceptors (Lipinski definition) is 8. The lowest BCUT2D eigenvalue weighted by atomic mass is 9.94. The van der Waals surface area contributed by atoms with Crippen molar-refractivity contribution in [1.29, 1.82) is 15.8 Å². The van der Waals surface area contributed by atoms with Crippen molar-refractivity contribution in [3.8, 4) is 24.0 Å². The van der Waals surface area contributed by atoms with Crippen LogP contribution in [0.5, 0.6) is 5.75 Å². The number of allylic oxidation sites excluding steroid dienone is 2. The van der Waals surface area contributed by atoms with Gasteiger partial charge in [-0.05, 0) is 38.5 Å². The van der Waals surface area contributed by atoms with Crippen LogP contribution in [0.1, 0.15) is 26.3 Å². The number of nitrogens with zero attached hydrogens (tertiary/aromatic N) is 3. The lowest BCUT2D eigenvalue weighted by molar-refractivity contribution is 0.0954. The molecular weight excluding hydrogens is 403 g/mol.